The zero-order valence-electron chi connectivity index (χ0n) is 20.1. The summed E-state index contributed by atoms with van der Waals surface area (Å²) >= 11 is 6.38. The SMILES string of the molecule is OC[C@H]1O[C@@H](c2ccc(Cl)c(Cc3ccc(OCC4Cc5cc(F)ccc5O4)c(F)c3)c2)[C@H](O)[C@@H](O)[C@@H]1O. The molecule has 38 heavy (non-hydrogen) atoms. The van der Waals surface area contributed by atoms with Crippen molar-refractivity contribution in [3.63, 3.8) is 0 Å². The normalized spacial score (nSPS) is 26.6. The molecule has 202 valence electrons. The minimum atomic E-state index is -1.50. The van der Waals surface area contributed by atoms with Crippen LogP contribution in [0, 0.1) is 11.6 Å². The Kier molecular flexibility index (Phi) is 7.85. The van der Waals surface area contributed by atoms with E-state index in [1.807, 2.05) is 0 Å². The van der Waals surface area contributed by atoms with Crippen molar-refractivity contribution in [3.8, 4) is 11.5 Å². The van der Waals surface area contributed by atoms with E-state index < -0.39 is 42.9 Å². The summed E-state index contributed by atoms with van der Waals surface area (Å²) in [7, 11) is 0. The zero-order chi connectivity index (χ0) is 27.0. The summed E-state index contributed by atoms with van der Waals surface area (Å²) in [5.74, 6) is -0.251. The Balaban J connectivity index is 1.25. The van der Waals surface area contributed by atoms with Crippen molar-refractivity contribution in [2.24, 2.45) is 0 Å². The molecule has 10 heteroatoms. The van der Waals surface area contributed by atoms with Crippen LogP contribution >= 0.6 is 11.6 Å². The van der Waals surface area contributed by atoms with Gasteiger partial charge in [-0.25, -0.2) is 8.78 Å². The van der Waals surface area contributed by atoms with Gasteiger partial charge in [-0.2, -0.15) is 0 Å². The van der Waals surface area contributed by atoms with Gasteiger partial charge in [-0.1, -0.05) is 29.8 Å². The van der Waals surface area contributed by atoms with Gasteiger partial charge < -0.3 is 34.6 Å². The summed E-state index contributed by atoms with van der Waals surface area (Å²) in [6.45, 7) is -0.437. The molecule has 1 fully saturated rings. The maximum atomic E-state index is 14.8. The van der Waals surface area contributed by atoms with E-state index in [1.54, 1.807) is 30.3 Å². The van der Waals surface area contributed by atoms with Crippen LogP contribution in [0.4, 0.5) is 8.78 Å². The summed E-state index contributed by atoms with van der Waals surface area (Å²) < 4.78 is 45.3. The third-order valence-corrected chi connectivity index (χ3v) is 7.24. The highest BCUT2D eigenvalue weighted by molar-refractivity contribution is 6.31. The van der Waals surface area contributed by atoms with Gasteiger partial charge in [-0.05, 0) is 59.5 Å². The molecule has 1 saturated heterocycles. The number of halogens is 3. The van der Waals surface area contributed by atoms with Crippen molar-refractivity contribution in [1.82, 2.24) is 0 Å². The number of rotatable bonds is 7. The minimum absolute atomic E-state index is 0.0562. The molecule has 0 aromatic heterocycles. The highest BCUT2D eigenvalue weighted by Crippen LogP contribution is 2.35. The number of benzene rings is 3. The monoisotopic (exact) mass is 548 g/mol. The fourth-order valence-corrected chi connectivity index (χ4v) is 5.02. The Hall–Kier alpha value is -2.79. The molecular formula is C28H27ClF2O7. The Morgan fingerprint density at radius 3 is 2.53 bits per heavy atom. The third-order valence-electron chi connectivity index (χ3n) is 6.87. The third kappa shape index (κ3) is 5.49. The second-order valence-electron chi connectivity index (χ2n) is 9.55. The molecule has 0 aliphatic carbocycles. The van der Waals surface area contributed by atoms with E-state index in [1.165, 1.54) is 24.3 Å². The summed E-state index contributed by atoms with van der Waals surface area (Å²) in [4.78, 5) is 0. The van der Waals surface area contributed by atoms with E-state index in [4.69, 9.17) is 25.8 Å². The Morgan fingerprint density at radius 2 is 1.76 bits per heavy atom. The minimum Gasteiger partial charge on any atom is -0.487 e. The number of ether oxygens (including phenoxy) is 3. The van der Waals surface area contributed by atoms with E-state index in [0.717, 1.165) is 5.56 Å². The van der Waals surface area contributed by atoms with E-state index in [0.29, 0.717) is 33.9 Å². The molecule has 0 radical (unpaired) electrons. The van der Waals surface area contributed by atoms with Crippen molar-refractivity contribution in [2.75, 3.05) is 13.2 Å². The first-order valence-corrected chi connectivity index (χ1v) is 12.6. The largest absolute Gasteiger partial charge is 0.487 e. The predicted molar refractivity (Wildman–Crippen MR) is 133 cm³/mol. The fourth-order valence-electron chi connectivity index (χ4n) is 4.84. The molecule has 6 atom stereocenters. The van der Waals surface area contributed by atoms with Gasteiger partial charge >= 0.3 is 0 Å². The topological polar surface area (TPSA) is 109 Å². The molecule has 0 amide bonds. The van der Waals surface area contributed by atoms with Crippen LogP contribution in [0.2, 0.25) is 5.02 Å². The lowest BCUT2D eigenvalue weighted by atomic mass is 9.90. The van der Waals surface area contributed by atoms with Crippen molar-refractivity contribution in [2.45, 2.75) is 49.5 Å². The quantitative estimate of drug-likeness (QED) is 0.359. The first kappa shape index (κ1) is 26.8. The van der Waals surface area contributed by atoms with Gasteiger partial charge in [0.25, 0.3) is 0 Å². The molecule has 1 unspecified atom stereocenters. The molecule has 2 aliphatic heterocycles. The summed E-state index contributed by atoms with van der Waals surface area (Å²) in [6.07, 6.45) is -6.05. The predicted octanol–water partition coefficient (Wildman–Crippen LogP) is 3.11. The lowest BCUT2D eigenvalue weighted by Crippen LogP contribution is -2.55. The Morgan fingerprint density at radius 1 is 0.947 bits per heavy atom. The number of hydrogen-bond donors (Lipinski definition) is 4. The molecule has 4 N–H and O–H groups in total. The first-order chi connectivity index (χ1) is 18.2. The second-order valence-corrected chi connectivity index (χ2v) is 9.96. The van der Waals surface area contributed by atoms with Gasteiger partial charge in [0.05, 0.1) is 6.61 Å². The molecule has 0 bridgehead atoms. The summed E-state index contributed by atoms with van der Waals surface area (Å²) in [6, 6.07) is 13.8. The smallest absolute Gasteiger partial charge is 0.165 e. The van der Waals surface area contributed by atoms with Crippen molar-refractivity contribution < 1.29 is 43.4 Å². The first-order valence-electron chi connectivity index (χ1n) is 12.2. The van der Waals surface area contributed by atoms with E-state index in [9.17, 15) is 29.2 Å². The number of aliphatic hydroxyl groups is 4. The standard InChI is InChI=1S/C28H27ClF2O7/c29-20-4-2-15(28-27(35)26(34)25(33)24(12-32)38-28)9-16(20)7-14-1-5-23(21(31)8-14)36-13-19-11-17-10-18(30)3-6-22(17)37-19/h1-6,8-10,19,24-28,32-35H,7,11-13H2/t19?,24-,25-,26+,27-,28+/m1/s1. The lowest BCUT2D eigenvalue weighted by Gasteiger charge is -2.40. The molecule has 2 heterocycles. The van der Waals surface area contributed by atoms with Crippen LogP contribution in [0.1, 0.15) is 28.4 Å². The molecule has 0 spiro atoms. The second kappa shape index (κ2) is 11.1. The molecule has 7 nitrogen and oxygen atoms in total. The van der Waals surface area contributed by atoms with E-state index in [2.05, 4.69) is 0 Å². The lowest BCUT2D eigenvalue weighted by molar-refractivity contribution is -0.231. The Labute approximate surface area is 222 Å². The van der Waals surface area contributed by atoms with Crippen LogP contribution in [0.5, 0.6) is 11.5 Å². The molecular weight excluding hydrogens is 522 g/mol. The van der Waals surface area contributed by atoms with Gasteiger partial charge in [-0.15, -0.1) is 0 Å². The average Bonchev–Trinajstić information content (AvgIpc) is 3.30. The highest BCUT2D eigenvalue weighted by Gasteiger charge is 2.44. The van der Waals surface area contributed by atoms with Crippen molar-refractivity contribution >= 4 is 11.6 Å². The molecule has 3 aromatic rings. The van der Waals surface area contributed by atoms with E-state index in [-0.39, 0.29) is 30.7 Å². The van der Waals surface area contributed by atoms with Crippen LogP contribution in [-0.2, 0) is 17.6 Å². The van der Waals surface area contributed by atoms with Gasteiger partial charge in [0, 0.05) is 17.0 Å². The summed E-state index contributed by atoms with van der Waals surface area (Å²) in [5, 5.41) is 40.5. The maximum absolute atomic E-state index is 14.8. The summed E-state index contributed by atoms with van der Waals surface area (Å²) in [5.41, 5.74) is 2.47. The number of aliphatic hydroxyl groups excluding tert-OH is 4. The number of fused-ring (bicyclic) bond motifs is 1. The highest BCUT2D eigenvalue weighted by atomic mass is 35.5. The molecule has 3 aromatic carbocycles. The fraction of sp³-hybridized carbons (Fsp3) is 0.357. The molecule has 0 saturated carbocycles. The van der Waals surface area contributed by atoms with Gasteiger partial charge in [0.1, 0.15) is 54.8 Å². The van der Waals surface area contributed by atoms with Crippen LogP contribution in [0.15, 0.2) is 54.6 Å². The number of hydrogen-bond acceptors (Lipinski definition) is 7. The average molecular weight is 549 g/mol. The van der Waals surface area contributed by atoms with Crippen LogP contribution in [0.25, 0.3) is 0 Å². The van der Waals surface area contributed by atoms with Crippen molar-refractivity contribution in [1.29, 1.82) is 0 Å². The van der Waals surface area contributed by atoms with Crippen molar-refractivity contribution in [3.05, 3.63) is 93.5 Å². The molecule has 5 rings (SSSR count). The Bertz CT molecular complexity index is 1300. The van der Waals surface area contributed by atoms with Gasteiger partial charge in [0.2, 0.25) is 0 Å². The van der Waals surface area contributed by atoms with Crippen LogP contribution < -0.4 is 9.47 Å². The van der Waals surface area contributed by atoms with Crippen LogP contribution in [-0.4, -0.2) is 64.2 Å². The van der Waals surface area contributed by atoms with Gasteiger partial charge in [0.15, 0.2) is 11.6 Å². The van der Waals surface area contributed by atoms with E-state index >= 15 is 0 Å². The van der Waals surface area contributed by atoms with Gasteiger partial charge in [-0.3, -0.25) is 0 Å². The maximum Gasteiger partial charge on any atom is 0.165 e. The van der Waals surface area contributed by atoms with Crippen LogP contribution in [0.3, 0.4) is 0 Å². The zero-order valence-corrected chi connectivity index (χ0v) is 20.9. The molecule has 2 aliphatic rings.